The third-order valence-electron chi connectivity index (χ3n) is 5.17. The second-order valence-corrected chi connectivity index (χ2v) is 8.51. The van der Waals surface area contributed by atoms with Gasteiger partial charge < -0.3 is 9.30 Å². The zero-order chi connectivity index (χ0) is 19.7. The van der Waals surface area contributed by atoms with Crippen molar-refractivity contribution in [1.82, 2.24) is 9.55 Å². The highest BCUT2D eigenvalue weighted by molar-refractivity contribution is 7.18. The van der Waals surface area contributed by atoms with Crippen LogP contribution in [-0.4, -0.2) is 27.9 Å². The monoisotopic (exact) mass is 396 g/mol. The Labute approximate surface area is 168 Å². The van der Waals surface area contributed by atoms with E-state index in [-0.39, 0.29) is 18.4 Å². The molecular weight excluding hydrogens is 372 g/mol. The van der Waals surface area contributed by atoms with Gasteiger partial charge in [0.1, 0.15) is 0 Å². The van der Waals surface area contributed by atoms with E-state index in [4.69, 9.17) is 4.74 Å². The number of hydrogen-bond donors (Lipinski definition) is 0. The first-order valence-corrected chi connectivity index (χ1v) is 10.6. The fourth-order valence-corrected chi connectivity index (χ4v) is 4.67. The van der Waals surface area contributed by atoms with Gasteiger partial charge >= 0.3 is 5.97 Å². The van der Waals surface area contributed by atoms with E-state index in [9.17, 15) is 9.59 Å². The number of esters is 1. The van der Waals surface area contributed by atoms with Crippen molar-refractivity contribution < 1.29 is 14.3 Å². The number of aromatic nitrogens is 2. The molecule has 4 rings (SSSR count). The third kappa shape index (κ3) is 4.02. The summed E-state index contributed by atoms with van der Waals surface area (Å²) in [6, 6.07) is 10.5. The molecule has 2 heterocycles. The van der Waals surface area contributed by atoms with Crippen LogP contribution in [-0.2, 0) is 16.0 Å². The van der Waals surface area contributed by atoms with Gasteiger partial charge in [-0.1, -0.05) is 12.1 Å². The Kier molecular flexibility index (Phi) is 5.31. The van der Waals surface area contributed by atoms with Crippen LogP contribution in [0.25, 0.3) is 10.2 Å². The van der Waals surface area contributed by atoms with Crippen LogP contribution in [0.2, 0.25) is 0 Å². The lowest BCUT2D eigenvalue weighted by atomic mass is 10.1. The molecule has 0 unspecified atom stereocenters. The van der Waals surface area contributed by atoms with Crippen LogP contribution < -0.4 is 0 Å². The first-order valence-electron chi connectivity index (χ1n) is 9.74. The summed E-state index contributed by atoms with van der Waals surface area (Å²) in [7, 11) is 0. The maximum absolute atomic E-state index is 12.5. The number of carbonyl (C=O) groups excluding carboxylic acids is 2. The second kappa shape index (κ2) is 7.87. The number of para-hydroxylation sites is 1. The van der Waals surface area contributed by atoms with Crippen LogP contribution in [0, 0.1) is 13.8 Å². The van der Waals surface area contributed by atoms with Crippen molar-refractivity contribution in [3.05, 3.63) is 52.3 Å². The average Bonchev–Trinajstić information content (AvgIpc) is 3.34. The van der Waals surface area contributed by atoms with Gasteiger partial charge in [0.2, 0.25) is 5.78 Å². The number of nitrogens with zero attached hydrogens (tertiary/aromatic N) is 2. The Hall–Kier alpha value is -2.47. The van der Waals surface area contributed by atoms with Gasteiger partial charge in [0.25, 0.3) is 0 Å². The van der Waals surface area contributed by atoms with Crippen LogP contribution in [0.15, 0.2) is 30.3 Å². The summed E-state index contributed by atoms with van der Waals surface area (Å²) in [6.07, 6.45) is 4.06. The molecular formula is C22H24N2O3S. The summed E-state index contributed by atoms with van der Waals surface area (Å²) in [5, 5.41) is 1.03. The highest BCUT2D eigenvalue weighted by Gasteiger charge is 2.28. The van der Waals surface area contributed by atoms with Crippen molar-refractivity contribution in [2.24, 2.45) is 0 Å². The minimum Gasteiger partial charge on any atom is -0.457 e. The van der Waals surface area contributed by atoms with E-state index in [1.807, 2.05) is 38.1 Å². The molecule has 1 saturated carbocycles. The lowest BCUT2D eigenvalue weighted by Gasteiger charge is -2.08. The largest absolute Gasteiger partial charge is 0.457 e. The van der Waals surface area contributed by atoms with Crippen LogP contribution >= 0.6 is 11.3 Å². The van der Waals surface area contributed by atoms with E-state index >= 15 is 0 Å². The Balaban J connectivity index is 1.25. The number of aryl methyl sites for hydroxylation is 2. The summed E-state index contributed by atoms with van der Waals surface area (Å²) in [5.74, 6) is -0.454. The zero-order valence-corrected chi connectivity index (χ0v) is 17.1. The Morgan fingerprint density at radius 2 is 2.04 bits per heavy atom. The molecule has 1 aliphatic carbocycles. The third-order valence-corrected chi connectivity index (χ3v) is 6.27. The van der Waals surface area contributed by atoms with Crippen LogP contribution in [0.5, 0.6) is 0 Å². The molecule has 0 bridgehead atoms. The quantitative estimate of drug-likeness (QED) is 0.405. The number of thiazole rings is 1. The number of benzene rings is 1. The predicted octanol–water partition coefficient (Wildman–Crippen LogP) is 4.80. The molecule has 0 spiro atoms. The lowest BCUT2D eigenvalue weighted by molar-refractivity contribution is -0.142. The SMILES string of the molecule is Cc1cc(C(=O)COC(=O)CCCc2nc3ccccc3s2)c(C)n1C1CC1. The van der Waals surface area contributed by atoms with Gasteiger partial charge in [-0.3, -0.25) is 9.59 Å². The predicted molar refractivity (Wildman–Crippen MR) is 110 cm³/mol. The molecule has 0 radical (unpaired) electrons. The highest BCUT2D eigenvalue weighted by Crippen LogP contribution is 2.38. The van der Waals surface area contributed by atoms with Crippen LogP contribution in [0.1, 0.15) is 58.5 Å². The molecule has 1 aromatic carbocycles. The summed E-state index contributed by atoms with van der Waals surface area (Å²) in [4.78, 5) is 29.1. The number of rotatable bonds is 8. The molecule has 0 aliphatic heterocycles. The number of carbonyl (C=O) groups is 2. The number of ketones is 1. The van der Waals surface area contributed by atoms with Crippen molar-refractivity contribution in [2.75, 3.05) is 6.61 Å². The molecule has 0 atom stereocenters. The Morgan fingerprint density at radius 1 is 1.25 bits per heavy atom. The van der Waals surface area contributed by atoms with Gasteiger partial charge in [0.15, 0.2) is 6.61 Å². The van der Waals surface area contributed by atoms with Crippen molar-refractivity contribution in [3.8, 4) is 0 Å². The molecule has 28 heavy (non-hydrogen) atoms. The van der Waals surface area contributed by atoms with Gasteiger partial charge in [-0.25, -0.2) is 4.98 Å². The van der Waals surface area contributed by atoms with Gasteiger partial charge in [0, 0.05) is 29.4 Å². The first kappa shape index (κ1) is 18.9. The first-order chi connectivity index (χ1) is 13.5. The Bertz CT molecular complexity index is 997. The molecule has 146 valence electrons. The topological polar surface area (TPSA) is 61.2 Å². The minimum atomic E-state index is -0.328. The van der Waals surface area contributed by atoms with E-state index < -0.39 is 0 Å². The maximum Gasteiger partial charge on any atom is 0.306 e. The molecule has 2 aromatic heterocycles. The van der Waals surface area contributed by atoms with Crippen LogP contribution in [0.4, 0.5) is 0 Å². The molecule has 0 saturated heterocycles. The zero-order valence-electron chi connectivity index (χ0n) is 16.2. The van der Waals surface area contributed by atoms with Crippen molar-refractivity contribution in [2.45, 2.75) is 52.0 Å². The molecule has 5 nitrogen and oxygen atoms in total. The fourth-order valence-electron chi connectivity index (χ4n) is 3.66. The normalized spacial score (nSPS) is 13.8. The summed E-state index contributed by atoms with van der Waals surface area (Å²) < 4.78 is 8.61. The highest BCUT2D eigenvalue weighted by atomic mass is 32.1. The average molecular weight is 397 g/mol. The number of fused-ring (bicyclic) bond motifs is 1. The molecule has 0 amide bonds. The van der Waals surface area contributed by atoms with E-state index in [0.29, 0.717) is 24.4 Å². The number of ether oxygens (including phenoxy) is 1. The number of hydrogen-bond acceptors (Lipinski definition) is 5. The van der Waals surface area contributed by atoms with Gasteiger partial charge in [-0.2, -0.15) is 0 Å². The second-order valence-electron chi connectivity index (χ2n) is 7.40. The van der Waals surface area contributed by atoms with E-state index in [1.54, 1.807) is 11.3 Å². The van der Waals surface area contributed by atoms with E-state index in [1.165, 1.54) is 12.8 Å². The summed E-state index contributed by atoms with van der Waals surface area (Å²) >= 11 is 1.66. The van der Waals surface area contributed by atoms with Gasteiger partial charge in [-0.05, 0) is 57.7 Å². The standard InChI is InChI=1S/C22H24N2O3S/c1-14-12-17(15(2)24(14)16-10-11-16)19(25)13-27-22(26)9-5-8-21-23-18-6-3-4-7-20(18)28-21/h3-4,6-7,12,16H,5,8-11,13H2,1-2H3. The Morgan fingerprint density at radius 3 is 2.79 bits per heavy atom. The molecule has 0 N–H and O–H groups in total. The minimum absolute atomic E-state index is 0.125. The molecule has 3 aromatic rings. The molecule has 1 aliphatic rings. The molecule has 6 heteroatoms. The van der Waals surface area contributed by atoms with Crippen molar-refractivity contribution in [3.63, 3.8) is 0 Å². The van der Waals surface area contributed by atoms with Gasteiger partial charge in [-0.15, -0.1) is 11.3 Å². The van der Waals surface area contributed by atoms with Gasteiger partial charge in [0.05, 0.1) is 15.2 Å². The fraction of sp³-hybridized carbons (Fsp3) is 0.409. The summed E-state index contributed by atoms with van der Waals surface area (Å²) in [6.45, 7) is 3.81. The van der Waals surface area contributed by atoms with Crippen molar-refractivity contribution >= 4 is 33.3 Å². The van der Waals surface area contributed by atoms with E-state index in [0.717, 1.165) is 33.0 Å². The van der Waals surface area contributed by atoms with Crippen LogP contribution in [0.3, 0.4) is 0 Å². The lowest BCUT2D eigenvalue weighted by Crippen LogP contribution is -2.15. The van der Waals surface area contributed by atoms with E-state index in [2.05, 4.69) is 15.6 Å². The smallest absolute Gasteiger partial charge is 0.306 e. The van der Waals surface area contributed by atoms with Crippen molar-refractivity contribution in [1.29, 1.82) is 0 Å². The maximum atomic E-state index is 12.5. The molecule has 1 fully saturated rings. The summed E-state index contributed by atoms with van der Waals surface area (Å²) in [5.41, 5.74) is 3.76. The number of Topliss-reactive ketones (excluding diaryl/α,β-unsaturated/α-hetero) is 1.